The molecule has 0 saturated carbocycles. The van der Waals surface area contributed by atoms with Crippen molar-refractivity contribution in [3.8, 4) is 0 Å². The fraction of sp³-hybridized carbons (Fsp3) is 0.385. The lowest BCUT2D eigenvalue weighted by Gasteiger charge is -2.07. The van der Waals surface area contributed by atoms with E-state index in [2.05, 4.69) is 27.8 Å². The topological polar surface area (TPSA) is 63.0 Å². The molecule has 1 atom stereocenters. The van der Waals surface area contributed by atoms with Crippen molar-refractivity contribution in [2.24, 2.45) is 0 Å². The number of anilines is 2. The minimum absolute atomic E-state index is 0.0244. The van der Waals surface area contributed by atoms with Crippen LogP contribution in [0.5, 0.6) is 0 Å². The second-order valence-electron chi connectivity index (χ2n) is 4.23. The number of aromatic nitrogens is 2. The Balaban J connectivity index is 2.03. The van der Waals surface area contributed by atoms with E-state index >= 15 is 0 Å². The van der Waals surface area contributed by atoms with Crippen molar-refractivity contribution >= 4 is 11.7 Å². The first-order chi connectivity index (χ1) is 9.20. The lowest BCUT2D eigenvalue weighted by atomic mass is 10.3. The molecule has 0 spiro atoms. The number of hydrogen-bond acceptors (Lipinski definition) is 5. The molecule has 2 aromatic rings. The third-order valence-corrected chi connectivity index (χ3v) is 2.63. The lowest BCUT2D eigenvalue weighted by Crippen LogP contribution is -2.19. The molecule has 2 N–H and O–H groups in total. The molecule has 0 radical (unpaired) electrons. The summed E-state index contributed by atoms with van der Waals surface area (Å²) in [6.07, 6.45) is 1.03. The number of para-hydroxylation sites is 1. The standard InChI is InChI=1S/C13H17FN4O/c1-3-8-15-9(2)12-17-18-13(19-12)16-11-7-5-4-6-10(11)14/h4-7,9,15H,3,8H2,1-2H3,(H,16,18). The van der Waals surface area contributed by atoms with Crippen LogP contribution < -0.4 is 10.6 Å². The minimum atomic E-state index is -0.362. The zero-order chi connectivity index (χ0) is 13.7. The van der Waals surface area contributed by atoms with Crippen molar-refractivity contribution < 1.29 is 8.81 Å². The Kier molecular flexibility index (Phi) is 4.46. The molecule has 19 heavy (non-hydrogen) atoms. The third kappa shape index (κ3) is 3.51. The predicted octanol–water partition coefficient (Wildman–Crippen LogP) is 3.01. The van der Waals surface area contributed by atoms with Gasteiger partial charge in [-0.15, -0.1) is 5.10 Å². The summed E-state index contributed by atoms with van der Waals surface area (Å²) in [6.45, 7) is 4.90. The summed E-state index contributed by atoms with van der Waals surface area (Å²) in [5.41, 5.74) is 0.312. The number of rotatable bonds is 6. The second kappa shape index (κ2) is 6.29. The summed E-state index contributed by atoms with van der Waals surface area (Å²) in [5.74, 6) is 0.117. The highest BCUT2D eigenvalue weighted by Crippen LogP contribution is 2.20. The fourth-order valence-corrected chi connectivity index (χ4v) is 1.59. The smallest absolute Gasteiger partial charge is 0.320 e. The summed E-state index contributed by atoms with van der Waals surface area (Å²) < 4.78 is 18.9. The highest BCUT2D eigenvalue weighted by Gasteiger charge is 2.13. The van der Waals surface area contributed by atoms with Crippen molar-refractivity contribution in [1.29, 1.82) is 0 Å². The summed E-state index contributed by atoms with van der Waals surface area (Å²) in [4.78, 5) is 0. The summed E-state index contributed by atoms with van der Waals surface area (Å²) >= 11 is 0. The van der Waals surface area contributed by atoms with Gasteiger partial charge in [0.2, 0.25) is 5.89 Å². The predicted molar refractivity (Wildman–Crippen MR) is 70.7 cm³/mol. The first kappa shape index (κ1) is 13.5. The second-order valence-corrected chi connectivity index (χ2v) is 4.23. The monoisotopic (exact) mass is 264 g/mol. The average molecular weight is 264 g/mol. The van der Waals surface area contributed by atoms with Crippen LogP contribution in [0.2, 0.25) is 0 Å². The van der Waals surface area contributed by atoms with Gasteiger partial charge in [-0.05, 0) is 32.0 Å². The van der Waals surface area contributed by atoms with E-state index < -0.39 is 0 Å². The molecule has 1 heterocycles. The molecule has 5 nitrogen and oxygen atoms in total. The molecule has 2 rings (SSSR count). The highest BCUT2D eigenvalue weighted by molar-refractivity contribution is 5.52. The number of halogens is 1. The first-order valence-electron chi connectivity index (χ1n) is 6.29. The van der Waals surface area contributed by atoms with Crippen molar-refractivity contribution in [3.05, 3.63) is 36.0 Å². The quantitative estimate of drug-likeness (QED) is 0.839. The number of benzene rings is 1. The Labute approximate surface area is 111 Å². The Bertz CT molecular complexity index is 529. The van der Waals surface area contributed by atoms with Gasteiger partial charge in [0.15, 0.2) is 0 Å². The molecular formula is C13H17FN4O. The molecule has 1 aromatic heterocycles. The molecule has 0 amide bonds. The first-order valence-corrected chi connectivity index (χ1v) is 6.29. The summed E-state index contributed by atoms with van der Waals surface area (Å²) in [7, 11) is 0. The van der Waals surface area contributed by atoms with Crippen LogP contribution in [-0.4, -0.2) is 16.7 Å². The SMILES string of the molecule is CCCNC(C)c1nnc(Nc2ccccc2F)o1. The normalized spacial score (nSPS) is 12.4. The average Bonchev–Trinajstić information content (AvgIpc) is 2.87. The van der Waals surface area contributed by atoms with Gasteiger partial charge in [0.25, 0.3) is 0 Å². The number of nitrogens with one attached hydrogen (secondary N) is 2. The molecule has 102 valence electrons. The maximum atomic E-state index is 13.4. The van der Waals surface area contributed by atoms with Crippen molar-refractivity contribution in [1.82, 2.24) is 15.5 Å². The number of hydrogen-bond donors (Lipinski definition) is 2. The molecule has 0 bridgehead atoms. The van der Waals surface area contributed by atoms with E-state index in [-0.39, 0.29) is 17.9 Å². The van der Waals surface area contributed by atoms with Gasteiger partial charge in [0, 0.05) is 0 Å². The van der Waals surface area contributed by atoms with E-state index in [1.807, 2.05) is 6.92 Å². The van der Waals surface area contributed by atoms with Crippen LogP contribution in [0.15, 0.2) is 28.7 Å². The van der Waals surface area contributed by atoms with Gasteiger partial charge in [-0.2, -0.15) is 0 Å². The van der Waals surface area contributed by atoms with E-state index in [9.17, 15) is 4.39 Å². The Morgan fingerprint density at radius 1 is 1.32 bits per heavy atom. The van der Waals surface area contributed by atoms with Crippen LogP contribution in [0.3, 0.4) is 0 Å². The fourth-order valence-electron chi connectivity index (χ4n) is 1.59. The van der Waals surface area contributed by atoms with Crippen molar-refractivity contribution in [3.63, 3.8) is 0 Å². The van der Waals surface area contributed by atoms with Crippen LogP contribution in [-0.2, 0) is 0 Å². The Hall–Kier alpha value is -1.95. The highest BCUT2D eigenvalue weighted by atomic mass is 19.1. The molecule has 0 aliphatic carbocycles. The number of nitrogens with zero attached hydrogens (tertiary/aromatic N) is 2. The molecule has 0 aliphatic rings. The third-order valence-electron chi connectivity index (χ3n) is 2.63. The van der Waals surface area contributed by atoms with Gasteiger partial charge < -0.3 is 15.1 Å². The minimum Gasteiger partial charge on any atom is -0.406 e. The van der Waals surface area contributed by atoms with E-state index in [0.29, 0.717) is 11.6 Å². The van der Waals surface area contributed by atoms with Gasteiger partial charge >= 0.3 is 6.01 Å². The molecular weight excluding hydrogens is 247 g/mol. The van der Waals surface area contributed by atoms with Crippen LogP contribution in [0.4, 0.5) is 16.1 Å². The van der Waals surface area contributed by atoms with Crippen LogP contribution in [0.25, 0.3) is 0 Å². The Morgan fingerprint density at radius 2 is 2.11 bits per heavy atom. The molecule has 0 fully saturated rings. The van der Waals surface area contributed by atoms with E-state index in [1.54, 1.807) is 18.2 Å². The molecule has 1 unspecified atom stereocenters. The van der Waals surface area contributed by atoms with E-state index in [0.717, 1.165) is 13.0 Å². The molecule has 1 aromatic carbocycles. The van der Waals surface area contributed by atoms with Gasteiger partial charge in [-0.25, -0.2) is 4.39 Å². The maximum Gasteiger partial charge on any atom is 0.320 e. The van der Waals surface area contributed by atoms with Crippen molar-refractivity contribution in [2.75, 3.05) is 11.9 Å². The van der Waals surface area contributed by atoms with Gasteiger partial charge in [-0.3, -0.25) is 0 Å². The van der Waals surface area contributed by atoms with Crippen LogP contribution >= 0.6 is 0 Å². The zero-order valence-corrected chi connectivity index (χ0v) is 11.0. The largest absolute Gasteiger partial charge is 0.406 e. The lowest BCUT2D eigenvalue weighted by molar-refractivity contribution is 0.424. The molecule has 0 saturated heterocycles. The van der Waals surface area contributed by atoms with Gasteiger partial charge in [0.1, 0.15) is 5.82 Å². The van der Waals surface area contributed by atoms with Crippen LogP contribution in [0.1, 0.15) is 32.2 Å². The van der Waals surface area contributed by atoms with Crippen LogP contribution in [0, 0.1) is 5.82 Å². The van der Waals surface area contributed by atoms with Gasteiger partial charge in [-0.1, -0.05) is 24.2 Å². The molecule has 0 aliphatic heterocycles. The summed E-state index contributed by atoms with van der Waals surface area (Å²) in [6, 6.07) is 6.49. The van der Waals surface area contributed by atoms with E-state index in [1.165, 1.54) is 6.07 Å². The maximum absolute atomic E-state index is 13.4. The molecule has 6 heteroatoms. The summed E-state index contributed by atoms with van der Waals surface area (Å²) in [5, 5.41) is 13.8. The van der Waals surface area contributed by atoms with Gasteiger partial charge in [0.05, 0.1) is 11.7 Å². The van der Waals surface area contributed by atoms with E-state index in [4.69, 9.17) is 4.42 Å². The zero-order valence-electron chi connectivity index (χ0n) is 11.0. The van der Waals surface area contributed by atoms with Crippen molar-refractivity contribution in [2.45, 2.75) is 26.3 Å². The Morgan fingerprint density at radius 3 is 2.84 bits per heavy atom.